The van der Waals surface area contributed by atoms with Crippen LogP contribution in [0.1, 0.15) is 19.3 Å². The van der Waals surface area contributed by atoms with Gasteiger partial charge < -0.3 is 10.2 Å². The number of nitrogens with zero attached hydrogens (tertiary/aromatic N) is 2. The van der Waals surface area contributed by atoms with Gasteiger partial charge in [-0.15, -0.1) is 0 Å². The molecule has 0 aromatic heterocycles. The predicted molar refractivity (Wildman–Crippen MR) is 48.8 cm³/mol. The quantitative estimate of drug-likeness (QED) is 0.668. The maximum atomic E-state index is 8.43. The summed E-state index contributed by atoms with van der Waals surface area (Å²) in [6.07, 6.45) is 3.20. The number of rotatable bonds is 3. The van der Waals surface area contributed by atoms with Gasteiger partial charge in [0, 0.05) is 25.6 Å². The summed E-state index contributed by atoms with van der Waals surface area (Å²) in [5.41, 5.74) is 0. The minimum absolute atomic E-state index is 0.637. The third-order valence-electron chi connectivity index (χ3n) is 2.45. The zero-order valence-corrected chi connectivity index (χ0v) is 7.71. The number of likely N-dealkylation sites (N-methyl/N-ethyl adjacent to an activating group) is 1. The van der Waals surface area contributed by atoms with Crippen LogP contribution in [0.5, 0.6) is 0 Å². The summed E-state index contributed by atoms with van der Waals surface area (Å²) in [4.78, 5) is 2.37. The Labute approximate surface area is 74.4 Å². The Kier molecular flexibility index (Phi) is 4.06. The van der Waals surface area contributed by atoms with E-state index in [4.69, 9.17) is 5.26 Å². The highest BCUT2D eigenvalue weighted by Crippen LogP contribution is 2.09. The fourth-order valence-electron chi connectivity index (χ4n) is 1.70. The Morgan fingerprint density at radius 3 is 3.17 bits per heavy atom. The molecule has 0 aromatic rings. The Morgan fingerprint density at radius 2 is 2.50 bits per heavy atom. The van der Waals surface area contributed by atoms with Crippen LogP contribution in [-0.2, 0) is 0 Å². The maximum absolute atomic E-state index is 8.43. The van der Waals surface area contributed by atoms with E-state index in [0.29, 0.717) is 12.5 Å². The van der Waals surface area contributed by atoms with Crippen LogP contribution in [0.2, 0.25) is 0 Å². The molecule has 1 saturated heterocycles. The molecule has 0 aromatic carbocycles. The molecule has 1 unspecified atom stereocenters. The van der Waals surface area contributed by atoms with E-state index in [1.165, 1.54) is 19.4 Å². The summed E-state index contributed by atoms with van der Waals surface area (Å²) >= 11 is 0. The van der Waals surface area contributed by atoms with E-state index >= 15 is 0 Å². The van der Waals surface area contributed by atoms with Crippen LogP contribution < -0.4 is 5.32 Å². The number of nitrogens with one attached hydrogen (secondary N) is 1. The fourth-order valence-corrected chi connectivity index (χ4v) is 1.70. The molecule has 1 atom stereocenters. The lowest BCUT2D eigenvalue weighted by molar-refractivity contribution is 0.199. The summed E-state index contributed by atoms with van der Waals surface area (Å²) < 4.78 is 0. The summed E-state index contributed by atoms with van der Waals surface area (Å²) in [6.45, 7) is 3.22. The summed E-state index contributed by atoms with van der Waals surface area (Å²) in [5.74, 6) is 0. The van der Waals surface area contributed by atoms with E-state index < -0.39 is 0 Å². The van der Waals surface area contributed by atoms with Crippen molar-refractivity contribution in [3.63, 3.8) is 0 Å². The molecule has 1 fully saturated rings. The average molecular weight is 167 g/mol. The smallest absolute Gasteiger partial charge is 0.0635 e. The molecular weight excluding hydrogens is 150 g/mol. The van der Waals surface area contributed by atoms with Gasteiger partial charge in [-0.1, -0.05) is 0 Å². The van der Waals surface area contributed by atoms with E-state index in [1.54, 1.807) is 0 Å². The third kappa shape index (κ3) is 2.80. The maximum Gasteiger partial charge on any atom is 0.0635 e. The van der Waals surface area contributed by atoms with Crippen LogP contribution in [-0.4, -0.2) is 37.6 Å². The first-order valence-corrected chi connectivity index (χ1v) is 4.63. The molecule has 0 aliphatic carbocycles. The SMILES string of the molecule is CNC1CCCN(CCC#N)C1. The van der Waals surface area contributed by atoms with E-state index in [-0.39, 0.29) is 0 Å². The molecule has 0 saturated carbocycles. The van der Waals surface area contributed by atoms with Crippen molar-refractivity contribution in [1.29, 1.82) is 5.26 Å². The first kappa shape index (κ1) is 9.50. The van der Waals surface area contributed by atoms with Crippen LogP contribution in [0, 0.1) is 11.3 Å². The van der Waals surface area contributed by atoms with Gasteiger partial charge in [0.25, 0.3) is 0 Å². The molecule has 12 heavy (non-hydrogen) atoms. The highest BCUT2D eigenvalue weighted by atomic mass is 15.2. The number of hydrogen-bond acceptors (Lipinski definition) is 3. The van der Waals surface area contributed by atoms with Gasteiger partial charge in [-0.25, -0.2) is 0 Å². The Bertz CT molecular complexity index is 162. The highest BCUT2D eigenvalue weighted by molar-refractivity contribution is 4.79. The van der Waals surface area contributed by atoms with E-state index in [2.05, 4.69) is 16.3 Å². The molecule has 1 rings (SSSR count). The minimum Gasteiger partial charge on any atom is -0.316 e. The molecule has 1 heterocycles. The Hall–Kier alpha value is -0.590. The lowest BCUT2D eigenvalue weighted by Gasteiger charge is -2.31. The molecule has 1 aliphatic heterocycles. The van der Waals surface area contributed by atoms with Gasteiger partial charge in [-0.3, -0.25) is 0 Å². The second-order valence-electron chi connectivity index (χ2n) is 3.34. The van der Waals surface area contributed by atoms with Gasteiger partial charge in [0.2, 0.25) is 0 Å². The molecule has 0 radical (unpaired) electrons. The molecule has 0 amide bonds. The van der Waals surface area contributed by atoms with Crippen LogP contribution in [0.4, 0.5) is 0 Å². The topological polar surface area (TPSA) is 39.1 Å². The molecule has 0 bridgehead atoms. The molecule has 0 spiro atoms. The van der Waals surface area contributed by atoms with Crippen LogP contribution in [0.15, 0.2) is 0 Å². The number of nitriles is 1. The molecule has 3 heteroatoms. The van der Waals surface area contributed by atoms with E-state index in [1.807, 2.05) is 7.05 Å². The molecule has 68 valence electrons. The van der Waals surface area contributed by atoms with Crippen molar-refractivity contribution >= 4 is 0 Å². The second kappa shape index (κ2) is 5.13. The van der Waals surface area contributed by atoms with E-state index in [9.17, 15) is 0 Å². The monoisotopic (exact) mass is 167 g/mol. The van der Waals surface area contributed by atoms with Crippen LogP contribution >= 0.6 is 0 Å². The predicted octanol–water partition coefficient (Wildman–Crippen LogP) is 0.584. The molecule has 1 N–H and O–H groups in total. The first-order valence-electron chi connectivity index (χ1n) is 4.63. The van der Waals surface area contributed by atoms with Crippen molar-refractivity contribution < 1.29 is 0 Å². The van der Waals surface area contributed by atoms with Gasteiger partial charge >= 0.3 is 0 Å². The van der Waals surface area contributed by atoms with Crippen molar-refractivity contribution in [2.24, 2.45) is 0 Å². The number of likely N-dealkylation sites (tertiary alicyclic amines) is 1. The van der Waals surface area contributed by atoms with Crippen molar-refractivity contribution in [2.75, 3.05) is 26.7 Å². The summed E-state index contributed by atoms with van der Waals surface area (Å²) in [6, 6.07) is 2.82. The van der Waals surface area contributed by atoms with Crippen molar-refractivity contribution in [3.8, 4) is 6.07 Å². The van der Waals surface area contributed by atoms with Crippen LogP contribution in [0.25, 0.3) is 0 Å². The molecule has 1 aliphatic rings. The number of hydrogen-bond donors (Lipinski definition) is 1. The minimum atomic E-state index is 0.637. The van der Waals surface area contributed by atoms with Crippen molar-refractivity contribution in [3.05, 3.63) is 0 Å². The van der Waals surface area contributed by atoms with Gasteiger partial charge in [0.1, 0.15) is 0 Å². The fraction of sp³-hybridized carbons (Fsp3) is 0.889. The normalized spacial score (nSPS) is 25.2. The Balaban J connectivity index is 2.22. The lowest BCUT2D eigenvalue weighted by Crippen LogP contribution is -2.44. The van der Waals surface area contributed by atoms with Gasteiger partial charge in [0.15, 0.2) is 0 Å². The largest absolute Gasteiger partial charge is 0.316 e. The average Bonchev–Trinajstić information content (AvgIpc) is 2.15. The van der Waals surface area contributed by atoms with Crippen molar-refractivity contribution in [1.82, 2.24) is 10.2 Å². The standard InChI is InChI=1S/C9H17N3/c1-11-9-4-2-6-12(8-9)7-3-5-10/h9,11H,2-4,6-8H2,1H3. The first-order chi connectivity index (χ1) is 5.86. The third-order valence-corrected chi connectivity index (χ3v) is 2.45. The van der Waals surface area contributed by atoms with E-state index in [0.717, 1.165) is 13.1 Å². The summed E-state index contributed by atoms with van der Waals surface area (Å²) in [5, 5.41) is 11.7. The molecule has 3 nitrogen and oxygen atoms in total. The summed E-state index contributed by atoms with van der Waals surface area (Å²) in [7, 11) is 2.01. The zero-order chi connectivity index (χ0) is 8.81. The van der Waals surface area contributed by atoms with Gasteiger partial charge in [-0.05, 0) is 26.4 Å². The number of piperidine rings is 1. The Morgan fingerprint density at radius 1 is 1.67 bits per heavy atom. The zero-order valence-electron chi connectivity index (χ0n) is 7.71. The highest BCUT2D eigenvalue weighted by Gasteiger charge is 2.17. The second-order valence-corrected chi connectivity index (χ2v) is 3.34. The molecular formula is C9H17N3. The van der Waals surface area contributed by atoms with Crippen molar-refractivity contribution in [2.45, 2.75) is 25.3 Å². The van der Waals surface area contributed by atoms with Crippen LogP contribution in [0.3, 0.4) is 0 Å². The van der Waals surface area contributed by atoms with Gasteiger partial charge in [-0.2, -0.15) is 5.26 Å². The van der Waals surface area contributed by atoms with Gasteiger partial charge in [0.05, 0.1) is 6.07 Å². The lowest BCUT2D eigenvalue weighted by atomic mass is 10.1.